The van der Waals surface area contributed by atoms with E-state index in [0.717, 1.165) is 72.8 Å². The van der Waals surface area contributed by atoms with E-state index in [0.29, 0.717) is 0 Å². The Kier molecular flexibility index (Phi) is 38.2. The van der Waals surface area contributed by atoms with Crippen molar-refractivity contribution in [3.8, 4) is 17.2 Å². The van der Waals surface area contributed by atoms with Crippen molar-refractivity contribution >= 4 is 63.0 Å². The molecule has 71 heavy (non-hydrogen) atoms. The number of benzene rings is 3. The number of hydrogen-bond acceptors (Lipinski definition) is 6. The van der Waals surface area contributed by atoms with E-state index in [1.165, 1.54) is 27.8 Å². The summed E-state index contributed by atoms with van der Waals surface area (Å²) in [6, 6.07) is 19.2. The van der Waals surface area contributed by atoms with Gasteiger partial charge in [0.05, 0.1) is 4.75 Å². The molecule has 3 aromatic rings. The van der Waals surface area contributed by atoms with Crippen LogP contribution in [0.5, 0.6) is 17.2 Å². The van der Waals surface area contributed by atoms with Crippen LogP contribution >= 0.6 is 12.4 Å². The number of hydrogen-bond donors (Lipinski definition) is 1. The summed E-state index contributed by atoms with van der Waals surface area (Å²) in [6.07, 6.45) is 5.65. The SMILES string of the molecule is C.C.CC(CCc1ccc(C)c(OC(C)(C)C)c1)=N[S@](=O)C(C)(C)C.Cc1ccc(CCC(C)(C)C[S@](=O)C(C)(C)C)cc1OC(C)(C)C.Cc1ccc(CCC(C)(C)N)cc1OC(C)(C)C.Cl.[Br-].[CH3-].[Mg+2]. The van der Waals surface area contributed by atoms with Crippen LogP contribution in [0.4, 0.5) is 0 Å². The van der Waals surface area contributed by atoms with E-state index in [4.69, 9.17) is 19.9 Å². The number of nitrogens with two attached hydrogens (primary N) is 1. The Morgan fingerprint density at radius 1 is 0.549 bits per heavy atom. The molecule has 2 atom stereocenters. The largest absolute Gasteiger partial charge is 2.00 e. The zero-order chi connectivity index (χ0) is 50.6. The fourth-order valence-electron chi connectivity index (χ4n) is 5.96. The number of halogens is 2. The van der Waals surface area contributed by atoms with Gasteiger partial charge in [-0.2, -0.15) is 4.40 Å². The van der Waals surface area contributed by atoms with Gasteiger partial charge in [-0.05, 0) is 241 Å². The fourth-order valence-corrected chi connectivity index (χ4v) is 7.90. The zero-order valence-electron chi connectivity index (χ0n) is 48.0. The van der Waals surface area contributed by atoms with E-state index in [1.807, 2.05) is 27.7 Å². The number of aryl methyl sites for hydroxylation is 6. The number of nitrogens with zero attached hydrogens (tertiary/aromatic N) is 1. The van der Waals surface area contributed by atoms with Crippen LogP contribution in [0.15, 0.2) is 59.0 Å². The van der Waals surface area contributed by atoms with Gasteiger partial charge in [-0.15, -0.1) is 12.4 Å². The number of rotatable bonds is 15. The van der Waals surface area contributed by atoms with Gasteiger partial charge >= 0.3 is 23.1 Å². The third kappa shape index (κ3) is 37.0. The van der Waals surface area contributed by atoms with E-state index < -0.39 is 21.8 Å². The standard InChI is InChI=1S/C21H36O2S.C19H31NO2S.C16H27NO.2CH4.CH3.BrH.ClH.Mg/c1-16-10-11-17(14-18(16)23-19(2,3)4)12-13-21(8,9)15-24(22)20(5,6)7;1-14-9-11-16(13-17(14)22-18(3,4)5)12-10-15(2)20-23(21)19(6,7)8;1-12-7-8-13(9-10-16(5,6)17)11-14(12)18-15(2,3)4;;;;;;/h10-11,14H,12-13,15H2,1-9H3;9,11,13H,10,12H2,1-8H3;7-8,11H,9-10,17H2,1-6H3;2*1H4;1H3;2*1H;/q;;;;;-1;;;+2/p-1/t24-;23-;;;;;;;/m01......./s1. The van der Waals surface area contributed by atoms with E-state index in [1.54, 1.807) is 0 Å². The predicted molar refractivity (Wildman–Crippen MR) is 318 cm³/mol. The molecular weight excluding hydrogens is 1020 g/mol. The van der Waals surface area contributed by atoms with E-state index >= 15 is 0 Å². The Morgan fingerprint density at radius 2 is 0.859 bits per heavy atom. The molecule has 12 heteroatoms. The van der Waals surface area contributed by atoms with Crippen molar-refractivity contribution in [1.82, 2.24) is 0 Å². The first-order valence-electron chi connectivity index (χ1n) is 23.6. The summed E-state index contributed by atoms with van der Waals surface area (Å²) in [7, 11) is -1.99. The monoisotopic (exact) mass is 1120 g/mol. The van der Waals surface area contributed by atoms with Crippen molar-refractivity contribution in [3.05, 3.63) is 95.4 Å². The second-order valence-electron chi connectivity index (χ2n) is 24.4. The molecule has 0 heterocycles. The molecule has 0 bridgehead atoms. The van der Waals surface area contributed by atoms with Gasteiger partial charge in [0.25, 0.3) is 0 Å². The summed E-state index contributed by atoms with van der Waals surface area (Å²) in [6.45, 7) is 47.3. The normalized spacial score (nSPS) is 12.9. The van der Waals surface area contributed by atoms with E-state index in [9.17, 15) is 8.42 Å². The Hall–Kier alpha value is -1.47. The van der Waals surface area contributed by atoms with Crippen LogP contribution in [0, 0.1) is 33.6 Å². The van der Waals surface area contributed by atoms with Crippen LogP contribution < -0.4 is 36.9 Å². The van der Waals surface area contributed by atoms with Crippen LogP contribution in [0.25, 0.3) is 0 Å². The van der Waals surface area contributed by atoms with Gasteiger partial charge in [0, 0.05) is 32.6 Å². The van der Waals surface area contributed by atoms with E-state index in [2.05, 4.69) is 191 Å². The van der Waals surface area contributed by atoms with Gasteiger partial charge in [-0.1, -0.05) is 65.1 Å². The van der Waals surface area contributed by atoms with Crippen LogP contribution in [-0.4, -0.2) is 74.8 Å². The molecule has 0 spiro atoms. The van der Waals surface area contributed by atoms with Crippen molar-refractivity contribution < 1.29 is 39.6 Å². The second-order valence-corrected chi connectivity index (χ2v) is 28.5. The van der Waals surface area contributed by atoms with Crippen LogP contribution in [-0.2, 0) is 41.0 Å². The first kappa shape index (κ1) is 80.9. The molecule has 0 aromatic heterocycles. The third-order valence-electron chi connectivity index (χ3n) is 9.90. The molecule has 0 amide bonds. The van der Waals surface area contributed by atoms with Gasteiger partial charge in [-0.25, -0.2) is 4.21 Å². The molecule has 410 valence electrons. The maximum absolute atomic E-state index is 12.4. The maximum Gasteiger partial charge on any atom is 2.00 e. The minimum Gasteiger partial charge on any atom is -1.00 e. The van der Waals surface area contributed by atoms with Gasteiger partial charge in [0.15, 0.2) is 0 Å². The van der Waals surface area contributed by atoms with Crippen molar-refractivity contribution in [2.45, 2.75) is 244 Å². The van der Waals surface area contributed by atoms with Gasteiger partial charge in [-0.3, -0.25) is 4.21 Å². The Labute approximate surface area is 477 Å². The molecule has 3 rings (SSSR count). The van der Waals surface area contributed by atoms with Crippen LogP contribution in [0.3, 0.4) is 0 Å². The molecule has 0 aliphatic heterocycles. The molecule has 0 aliphatic rings. The molecule has 0 aliphatic carbocycles. The topological polar surface area (TPSA) is 100 Å². The average Bonchev–Trinajstić information content (AvgIpc) is 3.10. The molecule has 0 saturated carbocycles. The molecule has 0 radical (unpaired) electrons. The van der Waals surface area contributed by atoms with Gasteiger partial charge < -0.3 is 44.4 Å². The van der Waals surface area contributed by atoms with Crippen molar-refractivity contribution in [2.24, 2.45) is 15.5 Å². The summed E-state index contributed by atoms with van der Waals surface area (Å²) >= 11 is 0. The molecule has 7 nitrogen and oxygen atoms in total. The van der Waals surface area contributed by atoms with Crippen LogP contribution in [0.1, 0.15) is 206 Å². The smallest absolute Gasteiger partial charge is 1.00 e. The van der Waals surface area contributed by atoms with Gasteiger partial charge in [0.2, 0.25) is 0 Å². The summed E-state index contributed by atoms with van der Waals surface area (Å²) in [5, 5.41) is 0. The second kappa shape index (κ2) is 33.5. The third-order valence-corrected chi connectivity index (χ3v) is 13.8. The minimum absolute atomic E-state index is 0. The summed E-state index contributed by atoms with van der Waals surface area (Å²) in [4.78, 5) is 0. The van der Waals surface area contributed by atoms with Gasteiger partial charge in [0.1, 0.15) is 45.0 Å². The quantitative estimate of drug-likeness (QED) is 0.0924. The molecule has 0 fully saturated rings. The minimum atomic E-state index is -1.18. The first-order chi connectivity index (χ1) is 29.1. The van der Waals surface area contributed by atoms with Crippen molar-refractivity contribution in [2.75, 3.05) is 5.75 Å². The average molecular weight is 1130 g/mol. The molecular formula is C59H106BrClMgN2O5S2. The summed E-state index contributed by atoms with van der Waals surface area (Å²) in [5.74, 6) is 3.63. The summed E-state index contributed by atoms with van der Waals surface area (Å²) < 4.78 is 46.4. The Balaban J connectivity index is -0.000000216. The van der Waals surface area contributed by atoms with Crippen LogP contribution in [0.2, 0.25) is 0 Å². The van der Waals surface area contributed by atoms with E-state index in [-0.39, 0.29) is 112 Å². The zero-order valence-corrected chi connectivity index (χ0v) is 53.5. The van der Waals surface area contributed by atoms with Crippen molar-refractivity contribution in [3.63, 3.8) is 0 Å². The number of ether oxygens (including phenoxy) is 3. The molecule has 3 aromatic carbocycles. The maximum atomic E-state index is 12.4. The molecule has 0 saturated heterocycles. The fraction of sp³-hybridized carbons (Fsp3) is 0.661. The summed E-state index contributed by atoms with van der Waals surface area (Å²) in [5.41, 5.74) is 13.6. The predicted octanol–water partition coefficient (Wildman–Crippen LogP) is 13.3. The first-order valence-corrected chi connectivity index (χ1v) is 26.1. The Bertz CT molecular complexity index is 2050. The molecule has 0 unspecified atom stereocenters. The van der Waals surface area contributed by atoms with Crippen molar-refractivity contribution in [1.29, 1.82) is 0 Å². The Morgan fingerprint density at radius 3 is 1.14 bits per heavy atom. The molecule has 2 N–H and O–H groups in total.